The summed E-state index contributed by atoms with van der Waals surface area (Å²) in [7, 11) is 0. The molecule has 6 heteroatoms. The molecule has 0 bridgehead atoms. The lowest BCUT2D eigenvalue weighted by molar-refractivity contribution is 0.486. The Morgan fingerprint density at radius 3 is 1.16 bits per heavy atom. The highest BCUT2D eigenvalue weighted by Crippen LogP contribution is 2.48. The van der Waals surface area contributed by atoms with Gasteiger partial charge in [0.05, 0.1) is 11.4 Å². The number of fused-ring (bicyclic) bond motifs is 8. The molecule has 4 aliphatic rings. The van der Waals surface area contributed by atoms with Gasteiger partial charge in [-0.1, -0.05) is 66.7 Å². The molecule has 0 unspecified atom stereocenters. The molecular weight excluding hydrogens is 682 g/mol. The van der Waals surface area contributed by atoms with E-state index in [1.165, 1.54) is 111 Å². The van der Waals surface area contributed by atoms with E-state index in [1.54, 1.807) is 0 Å². The lowest BCUT2D eigenvalue weighted by Gasteiger charge is -2.45. The van der Waals surface area contributed by atoms with Crippen LogP contribution >= 0.6 is 0 Å². The molecule has 0 atom stereocenters. The van der Waals surface area contributed by atoms with E-state index in [9.17, 15) is 0 Å². The Hall–Kier alpha value is -6.13. The normalized spacial score (nSPS) is 13.9. The van der Waals surface area contributed by atoms with Crippen LogP contribution in [0.25, 0.3) is 0 Å². The minimum atomic E-state index is -0.0179. The number of aryl methyl sites for hydroxylation is 8. The zero-order chi connectivity index (χ0) is 38.3. The smallest absolute Gasteiger partial charge is 0.256 e. The number of rotatable bonds is 2. The average molecular weight is 725 g/mol. The quantitative estimate of drug-likeness (QED) is 0.166. The lowest BCUT2D eigenvalue weighted by atomic mass is 9.30. The van der Waals surface area contributed by atoms with Gasteiger partial charge in [-0.15, -0.1) is 0 Å². The number of para-hydroxylation sites is 2. The van der Waals surface area contributed by atoms with Gasteiger partial charge in [0.2, 0.25) is 0 Å². The second kappa shape index (κ2) is 11.7. The maximum absolute atomic E-state index is 6.89. The molecule has 0 spiro atoms. The van der Waals surface area contributed by atoms with Gasteiger partial charge in [0.1, 0.15) is 23.0 Å². The van der Waals surface area contributed by atoms with Crippen LogP contribution in [0.2, 0.25) is 0 Å². The van der Waals surface area contributed by atoms with Gasteiger partial charge in [0.25, 0.3) is 13.4 Å². The van der Waals surface area contributed by atoms with Crippen LogP contribution in [0.5, 0.6) is 23.0 Å². The molecule has 4 nitrogen and oxygen atoms in total. The van der Waals surface area contributed by atoms with Gasteiger partial charge in [-0.3, -0.25) is 0 Å². The Kier molecular flexibility index (Phi) is 6.94. The Labute approximate surface area is 330 Å². The van der Waals surface area contributed by atoms with Crippen molar-refractivity contribution in [2.24, 2.45) is 0 Å². The molecule has 0 aliphatic carbocycles. The Balaban J connectivity index is 1.31. The molecule has 270 valence electrons. The maximum atomic E-state index is 6.89. The van der Waals surface area contributed by atoms with E-state index in [1.807, 2.05) is 0 Å². The van der Waals surface area contributed by atoms with Crippen molar-refractivity contribution in [3.63, 3.8) is 0 Å². The molecule has 0 radical (unpaired) electrons. The molecular formula is C50H42B2N2O2. The highest BCUT2D eigenvalue weighted by atomic mass is 16.5. The van der Waals surface area contributed by atoms with Crippen LogP contribution in [0.4, 0.5) is 34.1 Å². The van der Waals surface area contributed by atoms with Crippen LogP contribution in [0.3, 0.4) is 0 Å². The van der Waals surface area contributed by atoms with Crippen LogP contribution in [0.1, 0.15) is 44.5 Å². The minimum absolute atomic E-state index is 0.0179. The SMILES string of the molecule is Cc1ccc2c(c1)Oc1cc(C)cc3c1B2c1cc2c(cc1N3c1c(C)cccc1C)N(c1c(C)cccc1C)c1cc(C)cc3c1B2c1ccc(C)cc1O3. The summed E-state index contributed by atoms with van der Waals surface area (Å²) in [5, 5.41) is 0. The first-order valence-electron chi connectivity index (χ1n) is 19.8. The van der Waals surface area contributed by atoms with Crippen LogP contribution in [-0.2, 0) is 0 Å². The zero-order valence-electron chi connectivity index (χ0n) is 33.3. The van der Waals surface area contributed by atoms with Crippen molar-refractivity contribution in [2.45, 2.75) is 55.4 Å². The van der Waals surface area contributed by atoms with Gasteiger partial charge in [0.15, 0.2) is 0 Å². The van der Waals surface area contributed by atoms with Crippen molar-refractivity contribution < 1.29 is 9.47 Å². The monoisotopic (exact) mass is 724 g/mol. The highest BCUT2D eigenvalue weighted by molar-refractivity contribution is 7.02. The Morgan fingerprint density at radius 1 is 0.357 bits per heavy atom. The third-order valence-corrected chi connectivity index (χ3v) is 12.6. The number of ether oxygens (including phenoxy) is 2. The fourth-order valence-corrected chi connectivity index (χ4v) is 10.3. The van der Waals surface area contributed by atoms with Gasteiger partial charge in [0, 0.05) is 22.7 Å². The first-order valence-corrected chi connectivity index (χ1v) is 19.8. The van der Waals surface area contributed by atoms with E-state index in [-0.39, 0.29) is 13.4 Å². The lowest BCUT2D eigenvalue weighted by Crippen LogP contribution is -2.64. The first kappa shape index (κ1) is 33.2. The molecule has 0 aromatic heterocycles. The summed E-state index contributed by atoms with van der Waals surface area (Å²) in [4.78, 5) is 5.10. The van der Waals surface area contributed by atoms with E-state index < -0.39 is 0 Å². The third-order valence-electron chi connectivity index (χ3n) is 12.6. The molecule has 4 aliphatic heterocycles. The van der Waals surface area contributed by atoms with Crippen molar-refractivity contribution >= 4 is 80.3 Å². The van der Waals surface area contributed by atoms with Crippen LogP contribution in [0.15, 0.2) is 109 Å². The molecule has 0 N–H and O–H groups in total. The first-order chi connectivity index (χ1) is 27.0. The standard InChI is InChI=1S/C50H42B2N2O2/c1-27-15-17-35-43(21-27)55-45-23-29(3)19-41-47(45)51(35)37-25-38-40(26-39(37)53(41)49-31(5)11-9-12-32(49)6)54(50-33(7)13-10-14-34(50)8)42-20-30(4)24-46-48(42)52(38)36-18-16-28(2)22-44(36)56-46/h9-26H,1-8H3. The summed E-state index contributed by atoms with van der Waals surface area (Å²) in [6.07, 6.45) is 0. The van der Waals surface area contributed by atoms with Crippen molar-refractivity contribution in [3.8, 4) is 23.0 Å². The number of hydrogen-bond donors (Lipinski definition) is 0. The fraction of sp³-hybridized carbons (Fsp3) is 0.160. The average Bonchev–Trinajstić information content (AvgIpc) is 3.15. The summed E-state index contributed by atoms with van der Waals surface area (Å²) in [6, 6.07) is 41.1. The van der Waals surface area contributed by atoms with Gasteiger partial charge < -0.3 is 19.3 Å². The second-order valence-corrected chi connectivity index (χ2v) is 16.7. The summed E-state index contributed by atoms with van der Waals surface area (Å²) in [5.41, 5.74) is 24.3. The fourth-order valence-electron chi connectivity index (χ4n) is 10.3. The van der Waals surface area contributed by atoms with E-state index in [0.717, 1.165) is 23.0 Å². The molecule has 56 heavy (non-hydrogen) atoms. The number of anilines is 6. The van der Waals surface area contributed by atoms with Crippen molar-refractivity contribution in [2.75, 3.05) is 9.80 Å². The molecule has 0 amide bonds. The summed E-state index contributed by atoms with van der Waals surface area (Å²) in [6.45, 7) is 17.6. The second-order valence-electron chi connectivity index (χ2n) is 16.7. The third kappa shape index (κ3) is 4.56. The number of nitrogens with zero attached hydrogens (tertiary/aromatic N) is 2. The van der Waals surface area contributed by atoms with Crippen molar-refractivity contribution in [3.05, 3.63) is 154 Å². The van der Waals surface area contributed by atoms with Crippen LogP contribution in [0, 0.1) is 55.4 Å². The van der Waals surface area contributed by atoms with Crippen molar-refractivity contribution in [1.29, 1.82) is 0 Å². The highest BCUT2D eigenvalue weighted by Gasteiger charge is 2.47. The molecule has 7 aromatic carbocycles. The Morgan fingerprint density at radius 2 is 0.750 bits per heavy atom. The molecule has 0 fully saturated rings. The molecule has 7 aromatic rings. The number of benzene rings is 7. The predicted octanol–water partition coefficient (Wildman–Crippen LogP) is 8.96. The Bertz CT molecular complexity index is 2660. The van der Waals surface area contributed by atoms with Crippen LogP contribution < -0.4 is 52.1 Å². The summed E-state index contributed by atoms with van der Waals surface area (Å²) in [5.74, 6) is 3.76. The number of hydrogen-bond acceptors (Lipinski definition) is 4. The minimum Gasteiger partial charge on any atom is -0.458 e. The zero-order valence-corrected chi connectivity index (χ0v) is 33.3. The topological polar surface area (TPSA) is 24.9 Å². The molecule has 0 saturated carbocycles. The van der Waals surface area contributed by atoms with Gasteiger partial charge in [-0.2, -0.15) is 0 Å². The van der Waals surface area contributed by atoms with E-state index in [4.69, 9.17) is 9.47 Å². The van der Waals surface area contributed by atoms with Gasteiger partial charge >= 0.3 is 0 Å². The summed E-state index contributed by atoms with van der Waals surface area (Å²) >= 11 is 0. The molecule has 0 saturated heterocycles. The largest absolute Gasteiger partial charge is 0.458 e. The van der Waals surface area contributed by atoms with E-state index in [2.05, 4.69) is 174 Å². The molecule has 11 rings (SSSR count). The summed E-state index contributed by atoms with van der Waals surface area (Å²) < 4.78 is 13.8. The van der Waals surface area contributed by atoms with E-state index >= 15 is 0 Å². The van der Waals surface area contributed by atoms with Gasteiger partial charge in [-0.25, -0.2) is 0 Å². The van der Waals surface area contributed by atoms with Gasteiger partial charge in [-0.05, 0) is 175 Å². The van der Waals surface area contributed by atoms with Crippen LogP contribution in [-0.4, -0.2) is 13.4 Å². The van der Waals surface area contributed by atoms with E-state index in [0.29, 0.717) is 0 Å². The predicted molar refractivity (Wildman–Crippen MR) is 236 cm³/mol. The molecule has 4 heterocycles. The van der Waals surface area contributed by atoms with Crippen molar-refractivity contribution in [1.82, 2.24) is 0 Å². The maximum Gasteiger partial charge on any atom is 0.256 e.